The third kappa shape index (κ3) is 3.04. The molecule has 1 aliphatic heterocycles. The number of carbonyl (C=O) groups is 2. The lowest BCUT2D eigenvalue weighted by molar-refractivity contribution is -0.385. The maximum Gasteiger partial charge on any atom is 0.280 e. The quantitative estimate of drug-likeness (QED) is 0.282. The van der Waals surface area contributed by atoms with E-state index in [1.807, 2.05) is 0 Å². The largest absolute Gasteiger partial charge is 0.493 e. The molecular weight excluding hydrogens is 338 g/mol. The van der Waals surface area contributed by atoms with Crippen molar-refractivity contribution in [3.63, 3.8) is 0 Å². The maximum absolute atomic E-state index is 12.2. The molecule has 0 unspecified atom stereocenters. The molecular formula is C14H13N3O6S. The van der Waals surface area contributed by atoms with Crippen LogP contribution in [0.2, 0.25) is 0 Å². The molecule has 24 heavy (non-hydrogen) atoms. The number of hydrogen-bond donors (Lipinski definition) is 1. The van der Waals surface area contributed by atoms with Crippen LogP contribution in [0.5, 0.6) is 11.5 Å². The molecule has 0 radical (unpaired) electrons. The van der Waals surface area contributed by atoms with Gasteiger partial charge >= 0.3 is 0 Å². The average molecular weight is 351 g/mol. The zero-order valence-corrected chi connectivity index (χ0v) is 13.8. The zero-order chi connectivity index (χ0) is 18.0. The first-order valence-electron chi connectivity index (χ1n) is 6.55. The SMILES string of the molecule is COc1cc(/C=C2\C(=O)NC(=S)N(C)C2=O)c([N+](=O)[O-])cc1OC. The third-order valence-corrected chi connectivity index (χ3v) is 3.71. The normalized spacial score (nSPS) is 16.2. The summed E-state index contributed by atoms with van der Waals surface area (Å²) < 4.78 is 10.1. The van der Waals surface area contributed by atoms with Gasteiger partial charge in [-0.25, -0.2) is 0 Å². The molecule has 1 aromatic rings. The van der Waals surface area contributed by atoms with Crippen molar-refractivity contribution in [2.24, 2.45) is 0 Å². The molecule has 1 N–H and O–H groups in total. The molecule has 1 aliphatic rings. The monoisotopic (exact) mass is 351 g/mol. The van der Waals surface area contributed by atoms with Crippen LogP contribution in [0.4, 0.5) is 5.69 Å². The second-order valence-corrected chi connectivity index (χ2v) is 5.09. The summed E-state index contributed by atoms with van der Waals surface area (Å²) in [6, 6.07) is 2.47. The number of nitro benzene ring substituents is 1. The van der Waals surface area contributed by atoms with Gasteiger partial charge in [-0.1, -0.05) is 0 Å². The molecule has 126 valence electrons. The standard InChI is InChI=1S/C14H13N3O6S/c1-16-13(19)8(12(18)15-14(16)24)4-7-5-10(22-2)11(23-3)6-9(7)17(20)21/h4-6H,1-3H3,(H,15,18,24)/b8-4+. The fraction of sp³-hybridized carbons (Fsp3) is 0.214. The van der Waals surface area contributed by atoms with Crippen LogP contribution < -0.4 is 14.8 Å². The second-order valence-electron chi connectivity index (χ2n) is 4.70. The number of nitrogens with zero attached hydrogens (tertiary/aromatic N) is 2. The Morgan fingerprint density at radius 2 is 1.83 bits per heavy atom. The number of carbonyl (C=O) groups excluding carboxylic acids is 2. The Morgan fingerprint density at radius 1 is 1.25 bits per heavy atom. The van der Waals surface area contributed by atoms with E-state index in [9.17, 15) is 19.7 Å². The molecule has 1 fully saturated rings. The lowest BCUT2D eigenvalue weighted by atomic mass is 10.1. The molecule has 10 heteroatoms. The third-order valence-electron chi connectivity index (χ3n) is 3.33. The van der Waals surface area contributed by atoms with E-state index >= 15 is 0 Å². The van der Waals surface area contributed by atoms with Crippen LogP contribution in [-0.2, 0) is 9.59 Å². The second kappa shape index (κ2) is 6.62. The molecule has 0 atom stereocenters. The minimum absolute atomic E-state index is 0.0253. The Labute approximate surface area is 142 Å². The number of methoxy groups -OCH3 is 2. The van der Waals surface area contributed by atoms with Crippen LogP contribution in [0.15, 0.2) is 17.7 Å². The average Bonchev–Trinajstić information content (AvgIpc) is 2.55. The molecule has 1 aromatic carbocycles. The highest BCUT2D eigenvalue weighted by molar-refractivity contribution is 7.80. The highest BCUT2D eigenvalue weighted by Gasteiger charge is 2.32. The molecule has 1 heterocycles. The van der Waals surface area contributed by atoms with Crippen molar-refractivity contribution in [2.75, 3.05) is 21.3 Å². The molecule has 2 rings (SSSR count). The number of amides is 2. The predicted octanol–water partition coefficient (Wildman–Crippen LogP) is 0.869. The van der Waals surface area contributed by atoms with Gasteiger partial charge in [-0.3, -0.25) is 29.9 Å². The maximum atomic E-state index is 12.2. The number of ether oxygens (including phenoxy) is 2. The summed E-state index contributed by atoms with van der Waals surface area (Å²) in [6.45, 7) is 0. The van der Waals surface area contributed by atoms with E-state index in [0.29, 0.717) is 0 Å². The first-order chi connectivity index (χ1) is 11.3. The van der Waals surface area contributed by atoms with Crippen LogP contribution in [0.3, 0.4) is 0 Å². The molecule has 0 bridgehead atoms. The van der Waals surface area contributed by atoms with Crippen molar-refractivity contribution in [1.82, 2.24) is 10.2 Å². The molecule has 0 spiro atoms. The molecule has 1 saturated heterocycles. The molecule has 0 aromatic heterocycles. The van der Waals surface area contributed by atoms with Gasteiger partial charge in [0.15, 0.2) is 16.6 Å². The number of thiocarbonyl (C=S) groups is 1. The summed E-state index contributed by atoms with van der Waals surface area (Å²) >= 11 is 4.84. The lowest BCUT2D eigenvalue weighted by Gasteiger charge is -2.25. The molecule has 9 nitrogen and oxygen atoms in total. The lowest BCUT2D eigenvalue weighted by Crippen LogP contribution is -2.52. The van der Waals surface area contributed by atoms with Gasteiger partial charge in [-0.15, -0.1) is 0 Å². The zero-order valence-electron chi connectivity index (χ0n) is 13.0. The first kappa shape index (κ1) is 17.3. The van der Waals surface area contributed by atoms with Crippen LogP contribution in [0, 0.1) is 10.1 Å². The Hall–Kier alpha value is -3.01. The highest BCUT2D eigenvalue weighted by Crippen LogP contribution is 2.35. The van der Waals surface area contributed by atoms with Crippen molar-refractivity contribution >= 4 is 40.9 Å². The molecule has 2 amide bonds. The predicted molar refractivity (Wildman–Crippen MR) is 87.7 cm³/mol. The van der Waals surface area contributed by atoms with Crippen molar-refractivity contribution in [3.05, 3.63) is 33.4 Å². The minimum Gasteiger partial charge on any atom is -0.493 e. The van der Waals surface area contributed by atoms with E-state index in [2.05, 4.69) is 5.32 Å². The number of benzene rings is 1. The van der Waals surface area contributed by atoms with E-state index in [1.54, 1.807) is 0 Å². The Bertz CT molecular complexity index is 789. The van der Waals surface area contributed by atoms with Crippen LogP contribution in [0.25, 0.3) is 6.08 Å². The van der Waals surface area contributed by atoms with Crippen molar-refractivity contribution in [2.45, 2.75) is 0 Å². The highest BCUT2D eigenvalue weighted by atomic mass is 32.1. The van der Waals surface area contributed by atoms with Gasteiger partial charge in [0.1, 0.15) is 5.57 Å². The Balaban J connectivity index is 2.62. The van der Waals surface area contributed by atoms with Gasteiger partial charge in [0.25, 0.3) is 17.5 Å². The summed E-state index contributed by atoms with van der Waals surface area (Å²) in [4.78, 5) is 35.9. The summed E-state index contributed by atoms with van der Waals surface area (Å²) in [5.41, 5.74) is -0.588. The number of likely N-dealkylation sites (N-methyl/N-ethyl adjacent to an activating group) is 1. The Kier molecular flexibility index (Phi) is 4.79. The molecule has 0 saturated carbocycles. The number of rotatable bonds is 4. The summed E-state index contributed by atoms with van der Waals surface area (Å²) in [7, 11) is 4.10. The molecule has 0 aliphatic carbocycles. The van der Waals surface area contributed by atoms with Crippen LogP contribution in [-0.4, -0.2) is 48.0 Å². The fourth-order valence-corrected chi connectivity index (χ4v) is 2.23. The van der Waals surface area contributed by atoms with Gasteiger partial charge in [0.2, 0.25) is 0 Å². The summed E-state index contributed by atoms with van der Waals surface area (Å²) in [5.74, 6) is -1.01. The smallest absolute Gasteiger partial charge is 0.280 e. The minimum atomic E-state index is -0.729. The topological polar surface area (TPSA) is 111 Å². The fourth-order valence-electron chi connectivity index (χ4n) is 2.06. The van der Waals surface area contributed by atoms with Crippen molar-refractivity contribution in [3.8, 4) is 11.5 Å². The van der Waals surface area contributed by atoms with E-state index in [1.165, 1.54) is 27.3 Å². The Morgan fingerprint density at radius 3 is 2.38 bits per heavy atom. The number of nitro groups is 1. The van der Waals surface area contributed by atoms with Crippen molar-refractivity contribution in [1.29, 1.82) is 0 Å². The van der Waals surface area contributed by atoms with Gasteiger partial charge < -0.3 is 9.47 Å². The number of nitrogens with one attached hydrogen (secondary N) is 1. The van der Waals surface area contributed by atoms with Gasteiger partial charge in [-0.05, 0) is 24.4 Å². The van der Waals surface area contributed by atoms with Crippen LogP contribution >= 0.6 is 12.2 Å². The first-order valence-corrected chi connectivity index (χ1v) is 6.96. The van der Waals surface area contributed by atoms with Crippen LogP contribution in [0.1, 0.15) is 5.56 Å². The van der Waals surface area contributed by atoms with Gasteiger partial charge in [0.05, 0.1) is 30.8 Å². The van der Waals surface area contributed by atoms with Gasteiger partial charge in [-0.2, -0.15) is 0 Å². The summed E-state index contributed by atoms with van der Waals surface area (Å²) in [5, 5.41) is 13.6. The van der Waals surface area contributed by atoms with E-state index < -0.39 is 16.7 Å². The van der Waals surface area contributed by atoms with Crippen molar-refractivity contribution < 1.29 is 24.0 Å². The summed E-state index contributed by atoms with van der Waals surface area (Å²) in [6.07, 6.45) is 1.12. The number of hydrogen-bond acceptors (Lipinski definition) is 7. The van der Waals surface area contributed by atoms with E-state index in [4.69, 9.17) is 21.7 Å². The van der Waals surface area contributed by atoms with Gasteiger partial charge in [0, 0.05) is 7.05 Å². The van der Waals surface area contributed by atoms with E-state index in [-0.39, 0.29) is 33.4 Å². The van der Waals surface area contributed by atoms with E-state index in [0.717, 1.165) is 17.0 Å².